The molecule has 1 aromatic heterocycles. The highest BCUT2D eigenvalue weighted by Crippen LogP contribution is 2.30. The van der Waals surface area contributed by atoms with Gasteiger partial charge in [-0.3, -0.25) is 4.79 Å². The molecule has 0 aliphatic carbocycles. The molecule has 1 atom stereocenters. The predicted molar refractivity (Wildman–Crippen MR) is 105 cm³/mol. The minimum absolute atomic E-state index is 0.0756. The standard InChI is InChI=1S/C22H25NO4/c1-13-6-8-18-16(12-27-22(18)14(13)2)10-21(24)23-15(3)19-11-17(25-4)7-9-20(19)26-5/h6-9,11-12,15H,10H2,1-5H3,(H,23,24)/t15-/m0/s1. The summed E-state index contributed by atoms with van der Waals surface area (Å²) in [6.07, 6.45) is 1.93. The number of furan rings is 1. The lowest BCUT2D eigenvalue weighted by atomic mass is 10.0. The Balaban J connectivity index is 1.77. The lowest BCUT2D eigenvalue weighted by Crippen LogP contribution is -2.28. The summed E-state index contributed by atoms with van der Waals surface area (Å²) in [6.45, 7) is 6.01. The van der Waals surface area contributed by atoms with Crippen LogP contribution in [-0.2, 0) is 11.2 Å². The van der Waals surface area contributed by atoms with E-state index < -0.39 is 0 Å². The fraction of sp³-hybridized carbons (Fsp3) is 0.318. The second-order valence-electron chi connectivity index (χ2n) is 6.72. The Morgan fingerprint density at radius 3 is 2.63 bits per heavy atom. The van der Waals surface area contributed by atoms with Crippen LogP contribution in [0, 0.1) is 13.8 Å². The van der Waals surface area contributed by atoms with E-state index in [1.54, 1.807) is 20.5 Å². The molecule has 0 unspecified atom stereocenters. The van der Waals surface area contributed by atoms with E-state index in [0.29, 0.717) is 5.75 Å². The number of ether oxygens (including phenoxy) is 2. The van der Waals surface area contributed by atoms with Gasteiger partial charge in [0.15, 0.2) is 0 Å². The zero-order valence-corrected chi connectivity index (χ0v) is 16.4. The lowest BCUT2D eigenvalue weighted by Gasteiger charge is -2.18. The van der Waals surface area contributed by atoms with Crippen LogP contribution in [0.5, 0.6) is 11.5 Å². The Labute approximate surface area is 159 Å². The summed E-state index contributed by atoms with van der Waals surface area (Å²) in [5.41, 5.74) is 4.88. The Morgan fingerprint density at radius 2 is 1.93 bits per heavy atom. The molecule has 5 nitrogen and oxygen atoms in total. The monoisotopic (exact) mass is 367 g/mol. The van der Waals surface area contributed by atoms with Crippen molar-refractivity contribution in [3.63, 3.8) is 0 Å². The summed E-state index contributed by atoms with van der Waals surface area (Å²) in [5.74, 6) is 1.36. The maximum absolute atomic E-state index is 12.6. The molecule has 1 amide bonds. The van der Waals surface area contributed by atoms with Gasteiger partial charge >= 0.3 is 0 Å². The van der Waals surface area contributed by atoms with Gasteiger partial charge in [0.25, 0.3) is 0 Å². The first-order valence-corrected chi connectivity index (χ1v) is 8.92. The van der Waals surface area contributed by atoms with Crippen LogP contribution in [0.1, 0.15) is 35.2 Å². The first-order valence-electron chi connectivity index (χ1n) is 8.92. The van der Waals surface area contributed by atoms with E-state index in [4.69, 9.17) is 13.9 Å². The smallest absolute Gasteiger partial charge is 0.225 e. The molecule has 0 saturated carbocycles. The summed E-state index contributed by atoms with van der Waals surface area (Å²) in [6, 6.07) is 9.40. The summed E-state index contributed by atoms with van der Waals surface area (Å²) in [7, 11) is 3.23. The third kappa shape index (κ3) is 3.77. The number of fused-ring (bicyclic) bond motifs is 1. The molecular formula is C22H25NO4. The molecule has 0 aliphatic rings. The van der Waals surface area contributed by atoms with Crippen molar-refractivity contribution in [1.82, 2.24) is 5.32 Å². The van der Waals surface area contributed by atoms with Gasteiger partial charge in [0, 0.05) is 16.5 Å². The van der Waals surface area contributed by atoms with Gasteiger partial charge in [-0.25, -0.2) is 0 Å². The quantitative estimate of drug-likeness (QED) is 0.697. The third-order valence-electron chi connectivity index (χ3n) is 4.97. The molecule has 0 bridgehead atoms. The average molecular weight is 367 g/mol. The van der Waals surface area contributed by atoms with Crippen molar-refractivity contribution in [1.29, 1.82) is 0 Å². The van der Waals surface area contributed by atoms with Gasteiger partial charge in [0.1, 0.15) is 17.1 Å². The van der Waals surface area contributed by atoms with Crippen molar-refractivity contribution in [3.8, 4) is 11.5 Å². The van der Waals surface area contributed by atoms with E-state index in [0.717, 1.165) is 33.4 Å². The number of hydrogen-bond donors (Lipinski definition) is 1. The SMILES string of the molecule is COc1ccc(OC)c([C@H](C)NC(=O)Cc2coc3c(C)c(C)ccc23)c1. The Kier molecular flexibility index (Phi) is 5.40. The molecule has 142 valence electrons. The van der Waals surface area contributed by atoms with Gasteiger partial charge in [-0.1, -0.05) is 12.1 Å². The van der Waals surface area contributed by atoms with Gasteiger partial charge in [-0.15, -0.1) is 0 Å². The maximum Gasteiger partial charge on any atom is 0.225 e. The molecule has 0 fully saturated rings. The zero-order valence-electron chi connectivity index (χ0n) is 16.4. The number of hydrogen-bond acceptors (Lipinski definition) is 4. The van der Waals surface area contributed by atoms with Crippen LogP contribution in [0.4, 0.5) is 0 Å². The van der Waals surface area contributed by atoms with E-state index in [1.165, 1.54) is 5.56 Å². The summed E-state index contributed by atoms with van der Waals surface area (Å²) in [5, 5.41) is 4.02. The number of methoxy groups -OCH3 is 2. The van der Waals surface area contributed by atoms with E-state index in [-0.39, 0.29) is 18.4 Å². The third-order valence-corrected chi connectivity index (χ3v) is 4.97. The highest BCUT2D eigenvalue weighted by molar-refractivity contribution is 5.89. The number of aryl methyl sites for hydroxylation is 2. The van der Waals surface area contributed by atoms with Gasteiger partial charge in [-0.2, -0.15) is 0 Å². The molecule has 0 aliphatic heterocycles. The first kappa shape index (κ1) is 18.8. The van der Waals surface area contributed by atoms with Crippen molar-refractivity contribution in [2.24, 2.45) is 0 Å². The molecule has 3 rings (SSSR count). The zero-order chi connectivity index (χ0) is 19.6. The largest absolute Gasteiger partial charge is 0.497 e. The molecule has 5 heteroatoms. The van der Waals surface area contributed by atoms with E-state index >= 15 is 0 Å². The molecule has 0 saturated heterocycles. The molecule has 1 heterocycles. The highest BCUT2D eigenvalue weighted by Gasteiger charge is 2.17. The topological polar surface area (TPSA) is 60.7 Å². The second kappa shape index (κ2) is 7.74. The molecule has 0 radical (unpaired) electrons. The summed E-state index contributed by atoms with van der Waals surface area (Å²) < 4.78 is 16.4. The van der Waals surface area contributed by atoms with Crippen molar-refractivity contribution >= 4 is 16.9 Å². The van der Waals surface area contributed by atoms with Crippen LogP contribution in [0.15, 0.2) is 41.0 Å². The molecule has 3 aromatic rings. The fourth-order valence-corrected chi connectivity index (χ4v) is 3.25. The van der Waals surface area contributed by atoms with E-state index in [2.05, 4.69) is 11.4 Å². The van der Waals surface area contributed by atoms with Gasteiger partial charge in [0.2, 0.25) is 5.91 Å². The number of carbonyl (C=O) groups is 1. The summed E-state index contributed by atoms with van der Waals surface area (Å²) in [4.78, 5) is 12.6. The fourth-order valence-electron chi connectivity index (χ4n) is 3.25. The Hall–Kier alpha value is -2.95. The van der Waals surface area contributed by atoms with Crippen molar-refractivity contribution in [2.45, 2.75) is 33.2 Å². The maximum atomic E-state index is 12.6. The van der Waals surface area contributed by atoms with Gasteiger partial charge < -0.3 is 19.2 Å². The molecule has 1 N–H and O–H groups in total. The van der Waals surface area contributed by atoms with Gasteiger partial charge in [-0.05, 0) is 50.1 Å². The number of benzene rings is 2. The molecule has 2 aromatic carbocycles. The minimum Gasteiger partial charge on any atom is -0.497 e. The number of amides is 1. The van der Waals surface area contributed by atoms with Crippen LogP contribution in [-0.4, -0.2) is 20.1 Å². The van der Waals surface area contributed by atoms with Crippen molar-refractivity contribution in [2.75, 3.05) is 14.2 Å². The average Bonchev–Trinajstić information content (AvgIpc) is 3.07. The van der Waals surface area contributed by atoms with E-state index in [9.17, 15) is 4.79 Å². The van der Waals surface area contributed by atoms with Crippen molar-refractivity contribution < 1.29 is 18.7 Å². The van der Waals surface area contributed by atoms with Crippen LogP contribution >= 0.6 is 0 Å². The number of carbonyl (C=O) groups excluding carboxylic acids is 1. The van der Waals surface area contributed by atoms with Crippen LogP contribution < -0.4 is 14.8 Å². The lowest BCUT2D eigenvalue weighted by molar-refractivity contribution is -0.121. The Bertz CT molecular complexity index is 974. The Morgan fingerprint density at radius 1 is 1.15 bits per heavy atom. The number of rotatable bonds is 6. The molecule has 27 heavy (non-hydrogen) atoms. The predicted octanol–water partition coefficient (Wildman–Crippen LogP) is 4.49. The number of nitrogens with one attached hydrogen (secondary N) is 1. The van der Waals surface area contributed by atoms with Crippen LogP contribution in [0.3, 0.4) is 0 Å². The van der Waals surface area contributed by atoms with E-state index in [1.807, 2.05) is 45.0 Å². The second-order valence-corrected chi connectivity index (χ2v) is 6.72. The van der Waals surface area contributed by atoms with Gasteiger partial charge in [0.05, 0.1) is 32.9 Å². The molecule has 0 spiro atoms. The summed E-state index contributed by atoms with van der Waals surface area (Å²) >= 11 is 0. The highest BCUT2D eigenvalue weighted by atomic mass is 16.5. The van der Waals surface area contributed by atoms with Crippen LogP contribution in [0.2, 0.25) is 0 Å². The van der Waals surface area contributed by atoms with Crippen LogP contribution in [0.25, 0.3) is 11.0 Å². The minimum atomic E-state index is -0.218. The first-order chi connectivity index (χ1) is 12.9. The molecular weight excluding hydrogens is 342 g/mol. The van der Waals surface area contributed by atoms with Crippen molar-refractivity contribution in [3.05, 3.63) is 58.8 Å². The normalized spacial score (nSPS) is 12.0.